The Kier molecular flexibility index (Phi) is 21.7. The highest BCUT2D eigenvalue weighted by Gasteiger charge is 2.31. The van der Waals surface area contributed by atoms with E-state index < -0.39 is 151 Å². The van der Waals surface area contributed by atoms with Crippen LogP contribution in [0.2, 0.25) is 0 Å². The molecule has 7 heterocycles. The highest BCUT2D eigenvalue weighted by atomic mass is 16.5. The van der Waals surface area contributed by atoms with Crippen LogP contribution in [-0.2, 0) is 59.0 Å². The van der Waals surface area contributed by atoms with E-state index in [4.69, 9.17) is 4.74 Å². The van der Waals surface area contributed by atoms with Crippen molar-refractivity contribution in [3.8, 4) is 39.9 Å². The SMILES string of the molecule is O=c1c(-n2cc(-n3cc(OCc4ccccc4)c(=O)n(-c4cn(-c5cn(Cc6ccccc6)c(=O)n(Cc6ccccc6)c5=O)c(=O)n(-c5cn(Cc6ccccc6)c(=O)n(Cc6ccccc6)c5=O)c4=O)c3=O)c(=O)n(-c3cn(Cc4ccccc4)c(=O)n(Cc4ccccc4)c3=O)c2=O)cn(Cc2ccccc2)c(=O)n1Cc1ccccc1. The van der Waals surface area contributed by atoms with Gasteiger partial charge in [-0.25, -0.2) is 47.3 Å². The largest absolute Gasteiger partial charge is 0.482 e. The molecule has 29 nitrogen and oxygen atoms in total. The summed E-state index contributed by atoms with van der Waals surface area (Å²) in [6.45, 7) is -3.34. The maximum atomic E-state index is 16.9. The second-order valence-corrected chi connectivity index (χ2v) is 28.3. The first-order valence-electron chi connectivity index (χ1n) is 37.9. The van der Waals surface area contributed by atoms with Crippen LogP contribution in [0.25, 0.3) is 34.1 Å². The number of benzene rings is 9. The van der Waals surface area contributed by atoms with Crippen LogP contribution in [0.3, 0.4) is 0 Å². The van der Waals surface area contributed by atoms with Gasteiger partial charge in [0.1, 0.15) is 40.7 Å². The van der Waals surface area contributed by atoms with E-state index >= 15 is 67.1 Å². The van der Waals surface area contributed by atoms with Gasteiger partial charge < -0.3 is 4.74 Å². The minimum atomic E-state index is -1.73. The molecule has 7 aromatic heterocycles. The standard InChI is InChI=1S/C91H70N14O15/c106-78-71(54-92(46-62-28-10-1-11-29-62)85(113)99(78)50-66-36-18-5-19-37-66)96-58-73(82(110)103(89(96)117)74-56-94(48-64-32-14-3-15-33-64)87(115)101(80(74)108)52-68-40-22-7-23-41-68)98-60-77(120-61-70-44-26-9-27-45-70)84(112)105(91(98)119)76-59-97(72-55-93(47-63-30-12-2-13-31-63)86(114)100(79(72)107)51-67-38-20-6-21-39-67)90(118)104(83(76)111)75-57-95(49-65-34-16-4-17-35-65)88(116)102(81(75)109)53-69-42-24-8-25-43-69/h1-45,54-60H,46-53,61H2. The van der Waals surface area contributed by atoms with Crippen LogP contribution in [0.1, 0.15) is 50.1 Å². The molecule has 0 bridgehead atoms. The van der Waals surface area contributed by atoms with Gasteiger partial charge in [0.2, 0.25) is 5.75 Å². The van der Waals surface area contributed by atoms with Crippen molar-refractivity contribution in [2.24, 2.45) is 0 Å². The molecule has 29 heteroatoms. The molecular formula is C91H70N14O15. The lowest BCUT2D eigenvalue weighted by Crippen LogP contribution is -2.51. The lowest BCUT2D eigenvalue weighted by Gasteiger charge is -2.20. The van der Waals surface area contributed by atoms with Crippen LogP contribution in [0.4, 0.5) is 0 Å². The summed E-state index contributed by atoms with van der Waals surface area (Å²) in [6, 6.07) is 75.4. The molecule has 0 radical (unpaired) electrons. The van der Waals surface area contributed by atoms with Crippen LogP contribution in [0.15, 0.2) is 383 Å². The highest BCUT2D eigenvalue weighted by molar-refractivity contribution is 5.44. The minimum absolute atomic E-state index is 0.166. The molecule has 594 valence electrons. The van der Waals surface area contributed by atoms with E-state index in [0.29, 0.717) is 74.5 Å². The van der Waals surface area contributed by atoms with Gasteiger partial charge in [0.25, 0.3) is 33.4 Å². The fourth-order valence-electron chi connectivity index (χ4n) is 14.3. The van der Waals surface area contributed by atoms with Gasteiger partial charge in [-0.1, -0.05) is 273 Å². The first kappa shape index (κ1) is 77.5. The van der Waals surface area contributed by atoms with Crippen LogP contribution in [0, 0.1) is 0 Å². The van der Waals surface area contributed by atoms with Gasteiger partial charge in [0.15, 0.2) is 0 Å². The van der Waals surface area contributed by atoms with Crippen molar-refractivity contribution in [3.05, 3.63) is 512 Å². The Morgan fingerprint density at radius 2 is 0.383 bits per heavy atom. The molecule has 0 amide bonds. The number of rotatable bonds is 25. The third-order valence-corrected chi connectivity index (χ3v) is 20.3. The Morgan fingerprint density at radius 3 is 0.667 bits per heavy atom. The van der Waals surface area contributed by atoms with E-state index in [-0.39, 0.29) is 35.3 Å². The number of hydrogen-bond donors (Lipinski definition) is 0. The lowest BCUT2D eigenvalue weighted by atomic mass is 10.2. The summed E-state index contributed by atoms with van der Waals surface area (Å²) < 4.78 is 16.3. The van der Waals surface area contributed by atoms with E-state index in [0.717, 1.165) is 73.7 Å². The van der Waals surface area contributed by atoms with Gasteiger partial charge in [-0.05, 0) is 50.1 Å². The second-order valence-electron chi connectivity index (χ2n) is 28.3. The Morgan fingerprint density at radius 1 is 0.183 bits per heavy atom. The molecule has 0 aliphatic rings. The summed E-state index contributed by atoms with van der Waals surface area (Å²) in [5, 5.41) is 0. The van der Waals surface area contributed by atoms with Crippen molar-refractivity contribution in [2.45, 2.75) is 59.0 Å². The topological polar surface area (TPSA) is 317 Å². The number of ether oxygens (including phenoxy) is 1. The fourth-order valence-corrected chi connectivity index (χ4v) is 14.3. The minimum Gasteiger partial charge on any atom is -0.482 e. The maximum Gasteiger partial charge on any atom is 0.340 e. The fraction of sp³-hybridized carbons (Fsp3) is 0.0989. The number of hydrogen-bond acceptors (Lipinski definition) is 15. The first-order chi connectivity index (χ1) is 58.3. The molecule has 0 fully saturated rings. The van der Waals surface area contributed by atoms with Crippen LogP contribution < -0.4 is 83.5 Å². The molecule has 0 aliphatic heterocycles. The summed E-state index contributed by atoms with van der Waals surface area (Å²) in [4.78, 5) is 223. The molecule has 0 N–H and O–H groups in total. The molecule has 16 aromatic rings. The van der Waals surface area contributed by atoms with Gasteiger partial charge >= 0.3 is 45.4 Å². The Bertz CT molecular complexity index is 7540. The van der Waals surface area contributed by atoms with Gasteiger partial charge in [-0.2, -0.15) is 0 Å². The summed E-state index contributed by atoms with van der Waals surface area (Å²) in [7, 11) is 0. The zero-order chi connectivity index (χ0) is 83.2. The van der Waals surface area contributed by atoms with Crippen LogP contribution >= 0.6 is 0 Å². The zero-order valence-corrected chi connectivity index (χ0v) is 63.8. The van der Waals surface area contributed by atoms with E-state index in [1.165, 1.54) is 0 Å². The Hall–Kier alpha value is -16.5. The smallest absolute Gasteiger partial charge is 0.340 e. The molecule has 120 heavy (non-hydrogen) atoms. The van der Waals surface area contributed by atoms with Gasteiger partial charge in [0.05, 0.1) is 58.6 Å². The molecule has 9 aromatic carbocycles. The van der Waals surface area contributed by atoms with E-state index in [9.17, 15) is 0 Å². The normalized spacial score (nSPS) is 11.3. The quantitative estimate of drug-likeness (QED) is 0.0648. The van der Waals surface area contributed by atoms with Crippen LogP contribution in [0.5, 0.6) is 5.75 Å². The molecule has 0 saturated carbocycles. The van der Waals surface area contributed by atoms with Crippen molar-refractivity contribution in [1.29, 1.82) is 0 Å². The van der Waals surface area contributed by atoms with E-state index in [1.807, 2.05) is 0 Å². The molecule has 0 unspecified atom stereocenters. The maximum absolute atomic E-state index is 16.9. The monoisotopic (exact) mass is 1600 g/mol. The Balaban J connectivity index is 1.04. The molecule has 0 spiro atoms. The van der Waals surface area contributed by atoms with E-state index in [2.05, 4.69) is 0 Å². The van der Waals surface area contributed by atoms with Gasteiger partial charge in [-0.3, -0.25) is 83.8 Å². The van der Waals surface area contributed by atoms with Crippen molar-refractivity contribution in [1.82, 2.24) is 63.9 Å². The summed E-state index contributed by atoms with van der Waals surface area (Å²) in [5.74, 6) is -0.877. The lowest BCUT2D eigenvalue weighted by molar-refractivity contribution is 0.297. The third kappa shape index (κ3) is 15.6. The number of nitrogens with zero attached hydrogens (tertiary/aromatic N) is 14. The molecular weight excluding hydrogens is 1530 g/mol. The van der Waals surface area contributed by atoms with Crippen molar-refractivity contribution in [2.75, 3.05) is 0 Å². The molecule has 0 saturated heterocycles. The Labute approximate surface area is 676 Å². The van der Waals surface area contributed by atoms with Crippen LogP contribution in [-0.4, -0.2) is 63.9 Å². The zero-order valence-electron chi connectivity index (χ0n) is 63.8. The van der Waals surface area contributed by atoms with Crippen molar-refractivity contribution >= 4 is 0 Å². The molecule has 16 rings (SSSR count). The highest BCUT2D eigenvalue weighted by Crippen LogP contribution is 2.17. The van der Waals surface area contributed by atoms with Gasteiger partial charge in [-0.15, -0.1) is 0 Å². The van der Waals surface area contributed by atoms with Crippen molar-refractivity contribution < 1.29 is 4.74 Å². The average Bonchev–Trinajstić information content (AvgIpc) is 0.725. The second kappa shape index (κ2) is 33.5. The molecule has 0 aliphatic carbocycles. The van der Waals surface area contributed by atoms with Crippen molar-refractivity contribution in [3.63, 3.8) is 0 Å². The third-order valence-electron chi connectivity index (χ3n) is 20.3. The summed E-state index contributed by atoms with van der Waals surface area (Å²) >= 11 is 0. The number of aromatic nitrogens is 14. The molecule has 0 atom stereocenters. The van der Waals surface area contributed by atoms with Gasteiger partial charge in [0, 0.05) is 37.2 Å². The summed E-state index contributed by atoms with van der Waals surface area (Å²) in [6.07, 6.45) is 6.07. The predicted molar refractivity (Wildman–Crippen MR) is 449 cm³/mol. The average molecular weight is 1600 g/mol. The predicted octanol–water partition coefficient (Wildman–Crippen LogP) is 5.85. The summed E-state index contributed by atoms with van der Waals surface area (Å²) in [5.41, 5.74) is -19.2. The first-order valence-corrected chi connectivity index (χ1v) is 37.9. The van der Waals surface area contributed by atoms with E-state index in [1.54, 1.807) is 273 Å².